The van der Waals surface area contributed by atoms with Gasteiger partial charge in [0.2, 0.25) is 0 Å². The van der Waals surface area contributed by atoms with Crippen LogP contribution < -0.4 is 4.74 Å². The van der Waals surface area contributed by atoms with Gasteiger partial charge in [-0.05, 0) is 30.7 Å². The molecule has 0 aromatic heterocycles. The van der Waals surface area contributed by atoms with Gasteiger partial charge in [-0.15, -0.1) is 0 Å². The maximum absolute atomic E-state index is 11.1. The minimum Gasteiger partial charge on any atom is -0.495 e. The Labute approximate surface area is 100 Å². The maximum atomic E-state index is 11.1. The van der Waals surface area contributed by atoms with Gasteiger partial charge in [0.1, 0.15) is 11.8 Å². The van der Waals surface area contributed by atoms with Crippen molar-refractivity contribution in [3.63, 3.8) is 0 Å². The van der Waals surface area contributed by atoms with Crippen LogP contribution in [0, 0.1) is 11.3 Å². The topological polar surface area (TPSA) is 59.3 Å². The van der Waals surface area contributed by atoms with Crippen molar-refractivity contribution >= 4 is 12.0 Å². The molecule has 0 atom stereocenters. The van der Waals surface area contributed by atoms with Crippen molar-refractivity contribution in [2.75, 3.05) is 13.7 Å². The molecule has 1 aromatic rings. The first-order valence-electron chi connectivity index (χ1n) is 5.14. The highest BCUT2D eigenvalue weighted by molar-refractivity contribution is 5.87. The second kappa shape index (κ2) is 6.33. The predicted molar refractivity (Wildman–Crippen MR) is 63.4 cm³/mol. The van der Waals surface area contributed by atoms with E-state index in [1.165, 1.54) is 13.2 Å². The monoisotopic (exact) mass is 231 g/mol. The van der Waals surface area contributed by atoms with E-state index in [4.69, 9.17) is 14.7 Å². The maximum Gasteiger partial charge on any atom is 0.330 e. The van der Waals surface area contributed by atoms with Crippen molar-refractivity contribution in [3.8, 4) is 11.8 Å². The van der Waals surface area contributed by atoms with Crippen molar-refractivity contribution in [2.45, 2.75) is 6.92 Å². The Morgan fingerprint density at radius 1 is 1.53 bits per heavy atom. The number of esters is 1. The summed E-state index contributed by atoms with van der Waals surface area (Å²) in [6, 6.07) is 7.12. The smallest absolute Gasteiger partial charge is 0.330 e. The number of nitrogens with zero attached hydrogens (tertiary/aromatic N) is 1. The van der Waals surface area contributed by atoms with Crippen LogP contribution in [0.25, 0.3) is 6.08 Å². The molecular weight excluding hydrogens is 218 g/mol. The summed E-state index contributed by atoms with van der Waals surface area (Å²) in [7, 11) is 1.50. The zero-order valence-corrected chi connectivity index (χ0v) is 9.77. The third-order valence-electron chi connectivity index (χ3n) is 2.04. The average molecular weight is 231 g/mol. The number of carbonyl (C=O) groups is 1. The third kappa shape index (κ3) is 3.65. The molecule has 0 amide bonds. The standard InChI is InChI=1S/C13H13NO3/c1-3-17-13(15)7-5-10-4-6-12(16-2)11(8-10)9-14/h4-8H,3H2,1-2H3. The van der Waals surface area contributed by atoms with Gasteiger partial charge in [-0.2, -0.15) is 5.26 Å². The van der Waals surface area contributed by atoms with E-state index in [1.54, 1.807) is 31.2 Å². The van der Waals surface area contributed by atoms with Crippen LogP contribution in [0.3, 0.4) is 0 Å². The van der Waals surface area contributed by atoms with Crippen LogP contribution >= 0.6 is 0 Å². The van der Waals surface area contributed by atoms with Crippen molar-refractivity contribution in [1.29, 1.82) is 5.26 Å². The zero-order chi connectivity index (χ0) is 12.7. The van der Waals surface area contributed by atoms with Gasteiger partial charge in [-0.25, -0.2) is 4.79 Å². The highest BCUT2D eigenvalue weighted by atomic mass is 16.5. The second-order valence-corrected chi connectivity index (χ2v) is 3.16. The summed E-state index contributed by atoms with van der Waals surface area (Å²) in [6.07, 6.45) is 2.92. The lowest BCUT2D eigenvalue weighted by molar-refractivity contribution is -0.137. The van der Waals surface area contributed by atoms with Crippen molar-refractivity contribution < 1.29 is 14.3 Å². The molecule has 0 saturated heterocycles. The first-order valence-corrected chi connectivity index (χ1v) is 5.14. The number of rotatable bonds is 4. The molecule has 0 aliphatic heterocycles. The minimum atomic E-state index is -0.401. The fourth-order valence-corrected chi connectivity index (χ4v) is 1.27. The third-order valence-corrected chi connectivity index (χ3v) is 2.04. The Hall–Kier alpha value is -2.28. The van der Waals surface area contributed by atoms with E-state index in [0.29, 0.717) is 17.9 Å². The van der Waals surface area contributed by atoms with Crippen molar-refractivity contribution in [1.82, 2.24) is 0 Å². The van der Waals surface area contributed by atoms with Crippen LogP contribution in [0.4, 0.5) is 0 Å². The molecule has 4 nitrogen and oxygen atoms in total. The number of hydrogen-bond donors (Lipinski definition) is 0. The van der Waals surface area contributed by atoms with Gasteiger partial charge >= 0.3 is 5.97 Å². The summed E-state index contributed by atoms with van der Waals surface area (Å²) in [4.78, 5) is 11.1. The van der Waals surface area contributed by atoms with Crippen LogP contribution in [0.2, 0.25) is 0 Å². The van der Waals surface area contributed by atoms with Gasteiger partial charge in [-0.1, -0.05) is 6.07 Å². The SMILES string of the molecule is CCOC(=O)C=Cc1ccc(OC)c(C#N)c1. The van der Waals surface area contributed by atoms with E-state index in [1.807, 2.05) is 6.07 Å². The highest BCUT2D eigenvalue weighted by Crippen LogP contribution is 2.19. The van der Waals surface area contributed by atoms with Gasteiger partial charge in [0.25, 0.3) is 0 Å². The Morgan fingerprint density at radius 2 is 2.29 bits per heavy atom. The summed E-state index contributed by atoms with van der Waals surface area (Å²) >= 11 is 0. The molecule has 88 valence electrons. The number of benzene rings is 1. The van der Waals surface area contributed by atoms with E-state index < -0.39 is 5.97 Å². The fraction of sp³-hybridized carbons (Fsp3) is 0.231. The number of ether oxygens (including phenoxy) is 2. The van der Waals surface area contributed by atoms with Crippen LogP contribution in [-0.2, 0) is 9.53 Å². The summed E-state index contributed by atoms with van der Waals surface area (Å²) in [6.45, 7) is 2.09. The molecule has 0 bridgehead atoms. The van der Waals surface area contributed by atoms with Gasteiger partial charge < -0.3 is 9.47 Å². The highest BCUT2D eigenvalue weighted by Gasteiger charge is 2.02. The zero-order valence-electron chi connectivity index (χ0n) is 9.77. The summed E-state index contributed by atoms with van der Waals surface area (Å²) < 4.78 is 9.77. The molecule has 0 aliphatic carbocycles. The second-order valence-electron chi connectivity index (χ2n) is 3.16. The van der Waals surface area contributed by atoms with Crippen LogP contribution in [0.15, 0.2) is 24.3 Å². The van der Waals surface area contributed by atoms with Crippen LogP contribution in [-0.4, -0.2) is 19.7 Å². The Kier molecular flexibility index (Phi) is 4.77. The van der Waals surface area contributed by atoms with E-state index >= 15 is 0 Å². The van der Waals surface area contributed by atoms with E-state index in [-0.39, 0.29) is 0 Å². The molecule has 0 heterocycles. The quantitative estimate of drug-likeness (QED) is 0.588. The molecular formula is C13H13NO3. The summed E-state index contributed by atoms with van der Waals surface area (Å²) in [5.41, 5.74) is 1.17. The fourth-order valence-electron chi connectivity index (χ4n) is 1.27. The predicted octanol–water partition coefficient (Wildman–Crippen LogP) is 2.14. The first kappa shape index (κ1) is 12.8. The molecule has 0 N–H and O–H groups in total. The number of carbonyl (C=O) groups excluding carboxylic acids is 1. The van der Waals surface area contributed by atoms with E-state index in [2.05, 4.69) is 0 Å². The van der Waals surface area contributed by atoms with E-state index in [0.717, 1.165) is 5.56 Å². The molecule has 0 aliphatic rings. The molecule has 17 heavy (non-hydrogen) atoms. The lowest BCUT2D eigenvalue weighted by Crippen LogP contribution is -1.98. The van der Waals surface area contributed by atoms with Gasteiger partial charge in [0, 0.05) is 6.08 Å². The average Bonchev–Trinajstić information content (AvgIpc) is 2.36. The van der Waals surface area contributed by atoms with Crippen LogP contribution in [0.1, 0.15) is 18.1 Å². The molecule has 0 unspecified atom stereocenters. The Morgan fingerprint density at radius 3 is 2.88 bits per heavy atom. The molecule has 4 heteroatoms. The lowest BCUT2D eigenvalue weighted by atomic mass is 10.1. The molecule has 1 rings (SSSR count). The molecule has 0 fully saturated rings. The summed E-state index contributed by atoms with van der Waals surface area (Å²) in [5, 5.41) is 8.89. The number of hydrogen-bond acceptors (Lipinski definition) is 4. The Balaban J connectivity index is 2.87. The molecule has 0 radical (unpaired) electrons. The Bertz CT molecular complexity index is 472. The molecule has 0 spiro atoms. The van der Waals surface area contributed by atoms with Crippen molar-refractivity contribution in [2.24, 2.45) is 0 Å². The normalized spacial score (nSPS) is 9.94. The minimum absolute atomic E-state index is 0.342. The van der Waals surface area contributed by atoms with Crippen LogP contribution in [0.5, 0.6) is 5.75 Å². The molecule has 0 saturated carbocycles. The summed E-state index contributed by atoms with van der Waals surface area (Å²) in [5.74, 6) is 0.114. The molecule has 1 aromatic carbocycles. The number of nitriles is 1. The van der Waals surface area contributed by atoms with Gasteiger partial charge in [-0.3, -0.25) is 0 Å². The van der Waals surface area contributed by atoms with Gasteiger partial charge in [0.05, 0.1) is 19.3 Å². The van der Waals surface area contributed by atoms with Crippen molar-refractivity contribution in [3.05, 3.63) is 35.4 Å². The largest absolute Gasteiger partial charge is 0.495 e. The van der Waals surface area contributed by atoms with E-state index in [9.17, 15) is 4.79 Å². The first-order chi connectivity index (χ1) is 8.21. The lowest BCUT2D eigenvalue weighted by Gasteiger charge is -2.02. The van der Waals surface area contributed by atoms with Gasteiger partial charge in [0.15, 0.2) is 0 Å². The number of methoxy groups -OCH3 is 1.